The van der Waals surface area contributed by atoms with Gasteiger partial charge in [-0.1, -0.05) is 30.1 Å². The van der Waals surface area contributed by atoms with Crippen LogP contribution < -0.4 is 5.73 Å². The summed E-state index contributed by atoms with van der Waals surface area (Å²) in [6, 6.07) is 3.37. The van der Waals surface area contributed by atoms with E-state index in [0.717, 1.165) is 12.3 Å². The van der Waals surface area contributed by atoms with Crippen LogP contribution in [-0.4, -0.2) is 34.4 Å². The highest BCUT2D eigenvalue weighted by Crippen LogP contribution is 2.31. The van der Waals surface area contributed by atoms with E-state index >= 15 is 0 Å². The highest BCUT2D eigenvalue weighted by molar-refractivity contribution is 8.00. The monoisotopic (exact) mass is 318 g/mol. The fourth-order valence-electron chi connectivity index (χ4n) is 2.12. The second-order valence-electron chi connectivity index (χ2n) is 4.68. The van der Waals surface area contributed by atoms with Crippen LogP contribution in [0.15, 0.2) is 12.1 Å². The molecule has 1 aromatic rings. The lowest BCUT2D eigenvalue weighted by Gasteiger charge is -2.37. The lowest BCUT2D eigenvalue weighted by molar-refractivity contribution is 0.0698. The highest BCUT2D eigenvalue weighted by Gasteiger charge is 2.29. The first-order valence-electron chi connectivity index (χ1n) is 6.09. The van der Waals surface area contributed by atoms with Crippen LogP contribution in [0.5, 0.6) is 0 Å². The average Bonchev–Trinajstić information content (AvgIpc) is 2.38. The van der Waals surface area contributed by atoms with E-state index in [-0.39, 0.29) is 11.9 Å². The zero-order valence-corrected chi connectivity index (χ0v) is 13.1. The third kappa shape index (κ3) is 2.96. The third-order valence-corrected chi connectivity index (χ3v) is 5.60. The van der Waals surface area contributed by atoms with Crippen molar-refractivity contribution in [3.8, 4) is 0 Å². The molecule has 2 rings (SSSR count). The number of halogens is 2. The number of carbonyl (C=O) groups is 1. The van der Waals surface area contributed by atoms with Gasteiger partial charge in [0, 0.05) is 29.2 Å². The van der Waals surface area contributed by atoms with E-state index in [1.807, 2.05) is 16.7 Å². The van der Waals surface area contributed by atoms with Gasteiger partial charge in [-0.25, -0.2) is 0 Å². The number of hydrogen-bond donors (Lipinski definition) is 1. The molecule has 0 bridgehead atoms. The predicted octanol–water partition coefficient (Wildman–Crippen LogP) is 3.54. The number of amides is 1. The maximum atomic E-state index is 12.5. The zero-order valence-electron chi connectivity index (χ0n) is 10.8. The second-order valence-corrected chi connectivity index (χ2v) is 6.95. The first-order valence-corrected chi connectivity index (χ1v) is 7.89. The van der Waals surface area contributed by atoms with E-state index < -0.39 is 0 Å². The maximum absolute atomic E-state index is 12.5. The second kappa shape index (κ2) is 5.81. The van der Waals surface area contributed by atoms with Crippen LogP contribution in [0.3, 0.4) is 0 Å². The summed E-state index contributed by atoms with van der Waals surface area (Å²) in [5, 5.41) is 1.05. The van der Waals surface area contributed by atoms with E-state index in [4.69, 9.17) is 28.9 Å². The minimum absolute atomic E-state index is 0.0371. The molecule has 1 heterocycles. The minimum Gasteiger partial charge on any atom is -0.397 e. The van der Waals surface area contributed by atoms with E-state index in [1.165, 1.54) is 0 Å². The molecule has 2 N–H and O–H groups in total. The summed E-state index contributed by atoms with van der Waals surface area (Å²) in [6.45, 7) is 4.95. The van der Waals surface area contributed by atoms with Crippen molar-refractivity contribution in [1.29, 1.82) is 0 Å². The molecule has 19 heavy (non-hydrogen) atoms. The molecule has 1 saturated heterocycles. The van der Waals surface area contributed by atoms with Crippen molar-refractivity contribution < 1.29 is 4.79 Å². The van der Waals surface area contributed by atoms with E-state index in [2.05, 4.69) is 13.8 Å². The summed E-state index contributed by atoms with van der Waals surface area (Å²) in [4.78, 5) is 14.4. The third-order valence-electron chi connectivity index (χ3n) is 3.45. The van der Waals surface area contributed by atoms with Gasteiger partial charge in [0.25, 0.3) is 5.91 Å². The number of nitrogens with zero attached hydrogens (tertiary/aromatic N) is 1. The van der Waals surface area contributed by atoms with E-state index in [0.29, 0.717) is 26.5 Å². The van der Waals surface area contributed by atoms with E-state index in [1.54, 1.807) is 12.1 Å². The van der Waals surface area contributed by atoms with Crippen molar-refractivity contribution in [1.82, 2.24) is 4.90 Å². The zero-order chi connectivity index (χ0) is 14.2. The Morgan fingerprint density at radius 3 is 2.74 bits per heavy atom. The number of nitrogens with two attached hydrogens (primary N) is 1. The van der Waals surface area contributed by atoms with Crippen LogP contribution in [0.1, 0.15) is 24.2 Å². The Balaban J connectivity index is 2.29. The minimum atomic E-state index is -0.0371. The van der Waals surface area contributed by atoms with Crippen molar-refractivity contribution in [2.45, 2.75) is 25.1 Å². The van der Waals surface area contributed by atoms with Crippen molar-refractivity contribution in [3.05, 3.63) is 27.7 Å². The topological polar surface area (TPSA) is 46.3 Å². The normalized spacial score (nSPS) is 23.5. The van der Waals surface area contributed by atoms with Gasteiger partial charge in [0.2, 0.25) is 0 Å². The van der Waals surface area contributed by atoms with Crippen LogP contribution in [0.25, 0.3) is 0 Å². The summed E-state index contributed by atoms with van der Waals surface area (Å²) in [6.07, 6.45) is 0. The molecule has 1 aliphatic rings. The van der Waals surface area contributed by atoms with Crippen molar-refractivity contribution in [2.24, 2.45) is 0 Å². The summed E-state index contributed by atoms with van der Waals surface area (Å²) < 4.78 is 0. The average molecular weight is 319 g/mol. The number of anilines is 1. The SMILES string of the molecule is CC1SCCN(C(=O)c2cc(N)c(Cl)c(Cl)c2)C1C. The van der Waals surface area contributed by atoms with Crippen molar-refractivity contribution in [2.75, 3.05) is 18.0 Å². The Kier molecular flexibility index (Phi) is 4.54. The molecular formula is C13H16Cl2N2OS. The predicted molar refractivity (Wildman–Crippen MR) is 83.3 cm³/mol. The molecule has 1 aliphatic heterocycles. The summed E-state index contributed by atoms with van der Waals surface area (Å²) in [5.74, 6) is 0.915. The molecule has 3 nitrogen and oxygen atoms in total. The number of rotatable bonds is 1. The molecule has 0 spiro atoms. The largest absolute Gasteiger partial charge is 0.397 e. The standard InChI is InChI=1S/C13H16Cl2N2OS/c1-7-8(2)19-4-3-17(7)13(18)9-5-10(14)12(15)11(16)6-9/h5-8H,3-4,16H2,1-2H3. The van der Waals surface area contributed by atoms with Gasteiger partial charge in [-0.05, 0) is 19.1 Å². The molecule has 104 valence electrons. The first-order chi connectivity index (χ1) is 8.91. The van der Waals surface area contributed by atoms with Crippen LogP contribution in [0.2, 0.25) is 10.0 Å². The van der Waals surface area contributed by atoms with Gasteiger partial charge in [-0.3, -0.25) is 4.79 Å². The molecule has 1 aromatic carbocycles. The van der Waals surface area contributed by atoms with Gasteiger partial charge >= 0.3 is 0 Å². The molecule has 6 heteroatoms. The van der Waals surface area contributed by atoms with Crippen LogP contribution in [0.4, 0.5) is 5.69 Å². The fraction of sp³-hybridized carbons (Fsp3) is 0.462. The van der Waals surface area contributed by atoms with Gasteiger partial charge in [0.05, 0.1) is 15.7 Å². The first kappa shape index (κ1) is 14.8. The van der Waals surface area contributed by atoms with Gasteiger partial charge in [0.1, 0.15) is 0 Å². The fourth-order valence-corrected chi connectivity index (χ4v) is 3.55. The Morgan fingerprint density at radius 1 is 1.42 bits per heavy atom. The van der Waals surface area contributed by atoms with Gasteiger partial charge in [-0.15, -0.1) is 0 Å². The number of thioether (sulfide) groups is 1. The van der Waals surface area contributed by atoms with E-state index in [9.17, 15) is 4.79 Å². The molecule has 1 fully saturated rings. The number of nitrogen functional groups attached to an aromatic ring is 1. The van der Waals surface area contributed by atoms with Crippen LogP contribution in [-0.2, 0) is 0 Å². The lowest BCUT2D eigenvalue weighted by atomic mass is 10.1. The molecular weight excluding hydrogens is 303 g/mol. The number of carbonyl (C=O) groups excluding carboxylic acids is 1. The summed E-state index contributed by atoms with van der Waals surface area (Å²) in [7, 11) is 0. The van der Waals surface area contributed by atoms with Gasteiger partial charge in [-0.2, -0.15) is 11.8 Å². The Hall–Kier alpha value is -0.580. The summed E-state index contributed by atoms with van der Waals surface area (Å²) in [5.41, 5.74) is 6.60. The Labute approximate surface area is 127 Å². The molecule has 2 unspecified atom stereocenters. The Bertz CT molecular complexity index is 486. The molecule has 0 saturated carbocycles. The molecule has 0 aromatic heterocycles. The quantitative estimate of drug-likeness (QED) is 0.805. The maximum Gasteiger partial charge on any atom is 0.254 e. The number of hydrogen-bond acceptors (Lipinski definition) is 3. The lowest BCUT2D eigenvalue weighted by Crippen LogP contribution is -2.47. The molecule has 0 radical (unpaired) electrons. The molecule has 2 atom stereocenters. The Morgan fingerprint density at radius 2 is 2.11 bits per heavy atom. The van der Waals surface area contributed by atoms with Crippen molar-refractivity contribution in [3.63, 3.8) is 0 Å². The van der Waals surface area contributed by atoms with Crippen molar-refractivity contribution >= 4 is 46.6 Å². The van der Waals surface area contributed by atoms with Gasteiger partial charge < -0.3 is 10.6 Å². The number of benzene rings is 1. The molecule has 1 amide bonds. The van der Waals surface area contributed by atoms with Crippen LogP contribution >= 0.6 is 35.0 Å². The smallest absolute Gasteiger partial charge is 0.254 e. The highest BCUT2D eigenvalue weighted by atomic mass is 35.5. The van der Waals surface area contributed by atoms with Gasteiger partial charge in [0.15, 0.2) is 0 Å². The summed E-state index contributed by atoms with van der Waals surface area (Å²) >= 11 is 13.8. The van der Waals surface area contributed by atoms with Crippen LogP contribution in [0, 0.1) is 0 Å². The molecule has 0 aliphatic carbocycles.